The molecule has 3 N–H and O–H groups in total. The van der Waals surface area contributed by atoms with Crippen molar-refractivity contribution in [3.05, 3.63) is 35.0 Å². The SMILES string of the molecule is CCC(O)(CC)CNC(=O)c1cccc2c(C)c(C)[nH]c12. The number of hydrogen-bond donors (Lipinski definition) is 3. The molecule has 0 saturated heterocycles. The Morgan fingerprint density at radius 3 is 2.57 bits per heavy atom. The van der Waals surface area contributed by atoms with Crippen molar-refractivity contribution < 1.29 is 9.90 Å². The highest BCUT2D eigenvalue weighted by Crippen LogP contribution is 2.24. The summed E-state index contributed by atoms with van der Waals surface area (Å²) in [6, 6.07) is 5.72. The molecule has 1 heterocycles. The number of H-pyrrole nitrogens is 1. The molecule has 2 aromatic rings. The molecule has 21 heavy (non-hydrogen) atoms. The summed E-state index contributed by atoms with van der Waals surface area (Å²) in [4.78, 5) is 15.7. The van der Waals surface area contributed by atoms with Crippen molar-refractivity contribution in [1.29, 1.82) is 0 Å². The number of hydrogen-bond acceptors (Lipinski definition) is 2. The number of benzene rings is 1. The summed E-state index contributed by atoms with van der Waals surface area (Å²) in [5, 5.41) is 14.2. The molecule has 0 fully saturated rings. The Labute approximate surface area is 125 Å². The van der Waals surface area contributed by atoms with Crippen molar-refractivity contribution in [1.82, 2.24) is 10.3 Å². The predicted molar refractivity (Wildman–Crippen MR) is 85.6 cm³/mol. The number of carbonyl (C=O) groups is 1. The molecular weight excluding hydrogens is 264 g/mol. The first-order valence-corrected chi connectivity index (χ1v) is 7.50. The van der Waals surface area contributed by atoms with Crippen molar-refractivity contribution in [2.45, 2.75) is 46.1 Å². The molecule has 0 spiro atoms. The van der Waals surface area contributed by atoms with Gasteiger partial charge in [-0.05, 0) is 38.3 Å². The lowest BCUT2D eigenvalue weighted by Crippen LogP contribution is -2.42. The van der Waals surface area contributed by atoms with Crippen molar-refractivity contribution in [3.63, 3.8) is 0 Å². The number of fused-ring (bicyclic) bond motifs is 1. The summed E-state index contributed by atoms with van der Waals surface area (Å²) in [5.74, 6) is -0.151. The normalized spacial score (nSPS) is 11.9. The van der Waals surface area contributed by atoms with Crippen LogP contribution in [0.25, 0.3) is 10.9 Å². The van der Waals surface area contributed by atoms with E-state index in [1.54, 1.807) is 0 Å². The summed E-state index contributed by atoms with van der Waals surface area (Å²) in [5.41, 5.74) is 2.90. The van der Waals surface area contributed by atoms with Crippen LogP contribution in [0.3, 0.4) is 0 Å². The lowest BCUT2D eigenvalue weighted by molar-refractivity contribution is 0.0314. The van der Waals surface area contributed by atoms with E-state index in [0.717, 1.165) is 16.6 Å². The van der Waals surface area contributed by atoms with E-state index >= 15 is 0 Å². The number of nitrogens with one attached hydrogen (secondary N) is 2. The molecule has 0 bridgehead atoms. The zero-order chi connectivity index (χ0) is 15.6. The van der Waals surface area contributed by atoms with Crippen molar-refractivity contribution in [3.8, 4) is 0 Å². The van der Waals surface area contributed by atoms with Crippen molar-refractivity contribution in [2.75, 3.05) is 6.54 Å². The maximum atomic E-state index is 12.4. The van der Waals surface area contributed by atoms with Gasteiger partial charge in [0.1, 0.15) is 0 Å². The number of amides is 1. The van der Waals surface area contributed by atoms with Gasteiger partial charge in [0.15, 0.2) is 0 Å². The summed E-state index contributed by atoms with van der Waals surface area (Å²) in [6.45, 7) is 8.17. The minimum atomic E-state index is -0.828. The Morgan fingerprint density at radius 2 is 1.95 bits per heavy atom. The van der Waals surface area contributed by atoms with E-state index in [4.69, 9.17) is 0 Å². The van der Waals surface area contributed by atoms with Crippen LogP contribution in [0.4, 0.5) is 0 Å². The third-order valence-electron chi connectivity index (χ3n) is 4.48. The molecular formula is C17H24N2O2. The number of rotatable bonds is 5. The second kappa shape index (κ2) is 5.90. The molecule has 0 aliphatic rings. The van der Waals surface area contributed by atoms with E-state index in [1.807, 2.05) is 45.9 Å². The minimum Gasteiger partial charge on any atom is -0.388 e. The molecule has 1 aromatic carbocycles. The molecule has 0 aliphatic carbocycles. The fourth-order valence-corrected chi connectivity index (χ4v) is 2.51. The number of para-hydroxylation sites is 1. The summed E-state index contributed by atoms with van der Waals surface area (Å²) < 4.78 is 0. The molecule has 2 rings (SSSR count). The third kappa shape index (κ3) is 2.95. The lowest BCUT2D eigenvalue weighted by Gasteiger charge is -2.25. The number of aromatic nitrogens is 1. The zero-order valence-electron chi connectivity index (χ0n) is 13.2. The van der Waals surface area contributed by atoms with E-state index in [9.17, 15) is 9.90 Å². The van der Waals surface area contributed by atoms with E-state index in [0.29, 0.717) is 18.4 Å². The number of aliphatic hydroxyl groups is 1. The first-order chi connectivity index (χ1) is 9.91. The monoisotopic (exact) mass is 288 g/mol. The number of aryl methyl sites for hydroxylation is 2. The summed E-state index contributed by atoms with van der Waals surface area (Å²) in [6.07, 6.45) is 1.24. The van der Waals surface area contributed by atoms with Gasteiger partial charge in [-0.2, -0.15) is 0 Å². The van der Waals surface area contributed by atoms with Crippen molar-refractivity contribution >= 4 is 16.8 Å². The molecule has 0 atom stereocenters. The van der Waals surface area contributed by atoms with Gasteiger partial charge in [0.05, 0.1) is 16.7 Å². The Bertz CT molecular complexity index is 654. The average Bonchev–Trinajstić information content (AvgIpc) is 2.79. The summed E-state index contributed by atoms with van der Waals surface area (Å²) in [7, 11) is 0. The van der Waals surface area contributed by atoms with Gasteiger partial charge < -0.3 is 15.4 Å². The second-order valence-corrected chi connectivity index (χ2v) is 5.72. The molecule has 114 valence electrons. The van der Waals surface area contributed by atoms with Crippen LogP contribution in [0.15, 0.2) is 18.2 Å². The van der Waals surface area contributed by atoms with Gasteiger partial charge >= 0.3 is 0 Å². The van der Waals surface area contributed by atoms with Crippen LogP contribution in [0.5, 0.6) is 0 Å². The highest BCUT2D eigenvalue weighted by Gasteiger charge is 2.23. The number of carbonyl (C=O) groups excluding carboxylic acids is 1. The first-order valence-electron chi connectivity index (χ1n) is 7.50. The van der Waals surface area contributed by atoms with Crippen LogP contribution >= 0.6 is 0 Å². The minimum absolute atomic E-state index is 0.151. The van der Waals surface area contributed by atoms with Crippen LogP contribution < -0.4 is 5.32 Å². The summed E-state index contributed by atoms with van der Waals surface area (Å²) >= 11 is 0. The largest absolute Gasteiger partial charge is 0.388 e. The van der Waals surface area contributed by atoms with Crippen molar-refractivity contribution in [2.24, 2.45) is 0 Å². The highest BCUT2D eigenvalue weighted by atomic mass is 16.3. The first kappa shape index (κ1) is 15.6. The third-order valence-corrected chi connectivity index (χ3v) is 4.48. The van der Waals surface area contributed by atoms with E-state index in [2.05, 4.69) is 10.3 Å². The van der Waals surface area contributed by atoms with E-state index in [-0.39, 0.29) is 12.5 Å². The molecule has 0 aliphatic heterocycles. The van der Waals surface area contributed by atoms with Gasteiger partial charge in [-0.3, -0.25) is 4.79 Å². The van der Waals surface area contributed by atoms with Crippen LogP contribution in [0.1, 0.15) is 48.3 Å². The lowest BCUT2D eigenvalue weighted by atomic mass is 9.97. The van der Waals surface area contributed by atoms with Gasteiger partial charge in [0, 0.05) is 17.6 Å². The Morgan fingerprint density at radius 1 is 1.29 bits per heavy atom. The molecule has 1 aromatic heterocycles. The molecule has 1 amide bonds. The predicted octanol–water partition coefficient (Wildman–Crippen LogP) is 3.07. The molecule has 0 saturated carbocycles. The van der Waals surface area contributed by atoms with E-state index in [1.165, 1.54) is 5.56 Å². The fourth-order valence-electron chi connectivity index (χ4n) is 2.51. The molecule has 4 heteroatoms. The molecule has 4 nitrogen and oxygen atoms in total. The van der Waals surface area contributed by atoms with Crippen LogP contribution in [0.2, 0.25) is 0 Å². The number of aromatic amines is 1. The van der Waals surface area contributed by atoms with Gasteiger partial charge in [-0.15, -0.1) is 0 Å². The van der Waals surface area contributed by atoms with Gasteiger partial charge in [0.25, 0.3) is 5.91 Å². The Balaban J connectivity index is 2.26. The molecule has 0 radical (unpaired) electrons. The fraction of sp³-hybridized carbons (Fsp3) is 0.471. The van der Waals surface area contributed by atoms with Gasteiger partial charge in [0.2, 0.25) is 0 Å². The Kier molecular flexibility index (Phi) is 4.37. The average molecular weight is 288 g/mol. The quantitative estimate of drug-likeness (QED) is 0.791. The van der Waals surface area contributed by atoms with Crippen LogP contribution in [-0.2, 0) is 0 Å². The van der Waals surface area contributed by atoms with E-state index < -0.39 is 5.60 Å². The topological polar surface area (TPSA) is 65.1 Å². The highest BCUT2D eigenvalue weighted by molar-refractivity contribution is 6.06. The Hall–Kier alpha value is -1.81. The smallest absolute Gasteiger partial charge is 0.253 e. The standard InChI is InChI=1S/C17H24N2O2/c1-5-17(21,6-2)10-18-16(20)14-9-7-8-13-11(3)12(4)19-15(13)14/h7-9,19,21H,5-6,10H2,1-4H3,(H,18,20). The van der Waals surface area contributed by atoms with Crippen LogP contribution in [0, 0.1) is 13.8 Å². The maximum absolute atomic E-state index is 12.4. The second-order valence-electron chi connectivity index (χ2n) is 5.72. The maximum Gasteiger partial charge on any atom is 0.253 e. The zero-order valence-corrected chi connectivity index (χ0v) is 13.2. The van der Waals surface area contributed by atoms with Crippen LogP contribution in [-0.4, -0.2) is 28.1 Å². The molecule has 0 unspecified atom stereocenters. The van der Waals surface area contributed by atoms with Gasteiger partial charge in [-0.1, -0.05) is 26.0 Å². The van der Waals surface area contributed by atoms with Gasteiger partial charge in [-0.25, -0.2) is 0 Å².